The van der Waals surface area contributed by atoms with E-state index >= 15 is 0 Å². The minimum Gasteiger partial charge on any atom is -0.480 e. The highest BCUT2D eigenvalue weighted by Gasteiger charge is 2.48. The smallest absolute Gasteiger partial charge is 0.480 e. The third-order valence-corrected chi connectivity index (χ3v) is 7.45. The van der Waals surface area contributed by atoms with E-state index in [2.05, 4.69) is 19.5 Å². The molecule has 0 fully saturated rings. The lowest BCUT2D eigenvalue weighted by atomic mass is 10.1. The van der Waals surface area contributed by atoms with Gasteiger partial charge in [0.15, 0.2) is 5.16 Å². The van der Waals surface area contributed by atoms with E-state index in [4.69, 9.17) is 16.3 Å². The molecule has 0 atom stereocenters. The number of imidazole rings is 1. The summed E-state index contributed by atoms with van der Waals surface area (Å²) < 4.78 is 72.2. The molecule has 4 rings (SSSR count). The Morgan fingerprint density at radius 1 is 1.32 bits per heavy atom. The zero-order chi connectivity index (χ0) is 27.0. The van der Waals surface area contributed by atoms with Gasteiger partial charge in [-0.25, -0.2) is 9.97 Å². The van der Waals surface area contributed by atoms with Crippen molar-refractivity contribution >= 4 is 55.8 Å². The average Bonchev–Trinajstić information content (AvgIpc) is 3.23. The van der Waals surface area contributed by atoms with E-state index < -0.39 is 21.4 Å². The second-order valence-electron chi connectivity index (χ2n) is 7.34. The van der Waals surface area contributed by atoms with Gasteiger partial charge >= 0.3 is 15.6 Å². The van der Waals surface area contributed by atoms with Gasteiger partial charge in [0.2, 0.25) is 5.88 Å². The molecule has 192 valence electrons. The summed E-state index contributed by atoms with van der Waals surface area (Å²) in [6.45, 7) is 0. The Hall–Kier alpha value is -3.67. The van der Waals surface area contributed by atoms with Crippen LogP contribution in [0.3, 0.4) is 0 Å². The van der Waals surface area contributed by atoms with Crippen molar-refractivity contribution in [1.29, 1.82) is 5.26 Å². The molecule has 0 unspecified atom stereocenters. The number of benzene rings is 2. The Balaban J connectivity index is 1.74. The van der Waals surface area contributed by atoms with Gasteiger partial charge in [-0.2, -0.15) is 26.9 Å². The first kappa shape index (κ1) is 26.4. The van der Waals surface area contributed by atoms with Crippen molar-refractivity contribution in [3.63, 3.8) is 0 Å². The molecule has 0 aliphatic carbocycles. The van der Waals surface area contributed by atoms with Crippen molar-refractivity contribution in [3.05, 3.63) is 59.4 Å². The summed E-state index contributed by atoms with van der Waals surface area (Å²) in [5.74, 6) is -0.755. The Kier molecular flexibility index (Phi) is 7.13. The maximum absolute atomic E-state index is 12.7. The number of methoxy groups -OCH3 is 1. The predicted molar refractivity (Wildman–Crippen MR) is 131 cm³/mol. The van der Waals surface area contributed by atoms with E-state index in [9.17, 15) is 26.9 Å². The van der Waals surface area contributed by atoms with Gasteiger partial charge in [0.25, 0.3) is 0 Å². The van der Waals surface area contributed by atoms with Crippen LogP contribution in [0.25, 0.3) is 10.9 Å². The molecule has 1 N–H and O–H groups in total. The topological polar surface area (TPSA) is 119 Å². The lowest BCUT2D eigenvalue weighted by molar-refractivity contribution is -0.0500. The zero-order valence-corrected chi connectivity index (χ0v) is 21.3. The summed E-state index contributed by atoms with van der Waals surface area (Å²) >= 11 is 7.82. The summed E-state index contributed by atoms with van der Waals surface area (Å²) in [5.41, 5.74) is -4.88. The molecule has 2 aromatic heterocycles. The fourth-order valence-corrected chi connectivity index (χ4v) is 4.74. The van der Waals surface area contributed by atoms with E-state index in [0.717, 1.165) is 22.2 Å². The molecule has 37 heavy (non-hydrogen) atoms. The monoisotopic (exact) mass is 581 g/mol. The second-order valence-corrected chi connectivity index (χ2v) is 10.3. The maximum atomic E-state index is 12.7. The molecule has 0 saturated heterocycles. The maximum Gasteiger partial charge on any atom is 0.534 e. The van der Waals surface area contributed by atoms with Crippen LogP contribution in [0.2, 0.25) is 5.02 Å². The standard InChI is InChI=1S/C22H15ClF3N5O4S2/c1-31-8-7-28-21(31)36-18-6-3-12(9-16(18)23)29-19-14-5-4-13(35-37(32,33)22(24,25)26)10-17(14)30-20(34-2)15(19)11-27/h3-10H,1-2H3,(H,29,30)/i3+2,6+2,9+2,12+2,16+2,18+2. The van der Waals surface area contributed by atoms with Gasteiger partial charge < -0.3 is 18.8 Å². The van der Waals surface area contributed by atoms with Crippen LogP contribution in [0.4, 0.5) is 24.5 Å². The summed E-state index contributed by atoms with van der Waals surface area (Å²) in [6.07, 6.45) is 3.46. The van der Waals surface area contributed by atoms with Crippen LogP contribution in [0.15, 0.2) is 58.8 Å². The number of hydrogen-bond donors (Lipinski definition) is 1. The summed E-state index contributed by atoms with van der Waals surface area (Å²) in [5, 5.41) is 14.2. The highest BCUT2D eigenvalue weighted by molar-refractivity contribution is 7.99. The molecule has 0 radical (unpaired) electrons. The first-order chi connectivity index (χ1) is 17.4. The van der Waals surface area contributed by atoms with E-state index in [-0.39, 0.29) is 28.0 Å². The number of hydrogen-bond acceptors (Lipinski definition) is 9. The van der Waals surface area contributed by atoms with Crippen molar-refractivity contribution in [3.8, 4) is 17.7 Å². The van der Waals surface area contributed by atoms with Crippen LogP contribution < -0.4 is 14.2 Å². The number of alkyl halides is 3. The number of pyridine rings is 1. The summed E-state index contributed by atoms with van der Waals surface area (Å²) in [6, 6.07) is 10.4. The minimum atomic E-state index is -5.89. The highest BCUT2D eigenvalue weighted by Crippen LogP contribution is 2.39. The SMILES string of the molecule is COc1nc2cc(OS(=O)(=O)C(F)(F)F)ccc2c(N[14c]2[14cH][14cH][14c](Sc3nccn3C)[14c](Cl)[14cH]2)c1C#N. The van der Waals surface area contributed by atoms with Crippen molar-refractivity contribution in [2.75, 3.05) is 12.4 Å². The number of fused-ring (bicyclic) bond motifs is 1. The predicted octanol–water partition coefficient (Wildman–Crippen LogP) is 5.63. The molecule has 2 aromatic carbocycles. The van der Waals surface area contributed by atoms with Crippen LogP contribution in [0.1, 0.15) is 5.56 Å². The molecule has 2 heterocycles. The van der Waals surface area contributed by atoms with Gasteiger partial charge in [0, 0.05) is 41.5 Å². The molecule has 4 aromatic rings. The Morgan fingerprint density at radius 2 is 2.08 bits per heavy atom. The fourth-order valence-electron chi connectivity index (χ4n) is 3.18. The van der Waals surface area contributed by atoms with Crippen LogP contribution in [0.5, 0.6) is 11.6 Å². The molecular weight excluding hydrogens is 567 g/mol. The number of anilines is 2. The fraction of sp³-hybridized carbons (Fsp3) is 0.136. The third-order valence-electron chi connectivity index (χ3n) is 4.90. The van der Waals surface area contributed by atoms with Crippen LogP contribution >= 0.6 is 23.4 Å². The lowest BCUT2D eigenvalue weighted by Crippen LogP contribution is -2.28. The van der Waals surface area contributed by atoms with E-state index in [1.807, 2.05) is 17.7 Å². The van der Waals surface area contributed by atoms with Gasteiger partial charge in [0.1, 0.15) is 17.4 Å². The van der Waals surface area contributed by atoms with Crippen LogP contribution in [0, 0.1) is 11.3 Å². The molecule has 0 bridgehead atoms. The van der Waals surface area contributed by atoms with Gasteiger partial charge in [-0.15, -0.1) is 0 Å². The molecule has 0 amide bonds. The van der Waals surface area contributed by atoms with Crippen molar-refractivity contribution < 1.29 is 30.5 Å². The van der Waals surface area contributed by atoms with Crippen LogP contribution in [-0.4, -0.2) is 35.6 Å². The molecule has 0 aliphatic heterocycles. The van der Waals surface area contributed by atoms with Gasteiger partial charge in [-0.3, -0.25) is 0 Å². The van der Waals surface area contributed by atoms with Gasteiger partial charge in [0.05, 0.1) is 23.3 Å². The largest absolute Gasteiger partial charge is 0.534 e. The molecule has 9 nitrogen and oxygen atoms in total. The minimum absolute atomic E-state index is 0.00849. The number of ether oxygens (including phenoxy) is 1. The Bertz CT molecular complexity index is 1650. The molecule has 0 spiro atoms. The number of rotatable bonds is 7. The van der Waals surface area contributed by atoms with Gasteiger partial charge in [-0.1, -0.05) is 23.4 Å². The third kappa shape index (κ3) is 5.38. The van der Waals surface area contributed by atoms with Crippen LogP contribution in [-0.2, 0) is 17.2 Å². The second kappa shape index (κ2) is 10.0. The highest BCUT2D eigenvalue weighted by atomic mass is 35.5. The van der Waals surface area contributed by atoms with Crippen molar-refractivity contribution in [2.45, 2.75) is 15.6 Å². The molecular formula is C22H15ClF3N5O4S2. The Morgan fingerprint density at radius 3 is 2.68 bits per heavy atom. The van der Waals surface area contributed by atoms with Crippen molar-refractivity contribution in [2.24, 2.45) is 7.05 Å². The molecule has 0 aliphatic rings. The van der Waals surface area contributed by atoms with E-state index in [0.29, 0.717) is 10.7 Å². The number of aryl methyl sites for hydroxylation is 1. The quantitative estimate of drug-likeness (QED) is 0.219. The van der Waals surface area contributed by atoms with E-state index in [1.165, 1.54) is 24.9 Å². The van der Waals surface area contributed by atoms with E-state index in [1.54, 1.807) is 30.6 Å². The number of nitriles is 1. The normalized spacial score (nSPS) is 11.8. The van der Waals surface area contributed by atoms with Crippen molar-refractivity contribution in [1.82, 2.24) is 14.5 Å². The zero-order valence-electron chi connectivity index (χ0n) is 18.9. The number of halogens is 4. The number of nitrogens with zero attached hydrogens (tertiary/aromatic N) is 4. The number of nitrogens with one attached hydrogen (secondary N) is 1. The average molecular weight is 582 g/mol. The molecule has 0 saturated carbocycles. The Labute approximate surface area is 217 Å². The summed E-state index contributed by atoms with van der Waals surface area (Å²) in [4.78, 5) is 9.10. The first-order valence-electron chi connectivity index (χ1n) is 10.1. The molecule has 15 heteroatoms. The summed E-state index contributed by atoms with van der Waals surface area (Å²) in [7, 11) is -2.78. The lowest BCUT2D eigenvalue weighted by Gasteiger charge is -2.16. The number of aromatic nitrogens is 3. The first-order valence-corrected chi connectivity index (χ1v) is 12.7. The van der Waals surface area contributed by atoms with Gasteiger partial charge in [-0.05, 0) is 30.3 Å².